The fourth-order valence-corrected chi connectivity index (χ4v) is 1.73. The van der Waals surface area contributed by atoms with Crippen LogP contribution in [0.25, 0.3) is 0 Å². The average molecular weight is 200 g/mol. The average Bonchev–Trinajstić information content (AvgIpc) is 3.02. The monoisotopic (exact) mass is 200 g/mol. The molecule has 0 atom stereocenters. The fourth-order valence-electron chi connectivity index (χ4n) is 1.73. The van der Waals surface area contributed by atoms with Crippen LogP contribution in [0.4, 0.5) is 11.6 Å². The quantitative estimate of drug-likeness (QED) is 0.779. The van der Waals surface area contributed by atoms with Crippen molar-refractivity contribution in [1.82, 2.24) is 9.97 Å². The lowest BCUT2D eigenvalue weighted by Crippen LogP contribution is -2.24. The molecule has 0 fully saturated rings. The Morgan fingerprint density at radius 2 is 1.40 bits per heavy atom. The molecule has 0 radical (unpaired) electrons. The van der Waals surface area contributed by atoms with Gasteiger partial charge in [0.1, 0.15) is 18.3 Å². The molecule has 4 nitrogen and oxygen atoms in total. The summed E-state index contributed by atoms with van der Waals surface area (Å²) in [6, 6.07) is 8.12. The first-order chi connectivity index (χ1) is 7.43. The first kappa shape index (κ1) is 8.23. The molecule has 15 heavy (non-hydrogen) atoms. The van der Waals surface area contributed by atoms with Crippen molar-refractivity contribution in [2.75, 3.05) is 16.5 Å². The van der Waals surface area contributed by atoms with Crippen molar-refractivity contribution in [2.24, 2.45) is 0 Å². The van der Waals surface area contributed by atoms with Crippen LogP contribution < -0.4 is 9.80 Å². The van der Waals surface area contributed by atoms with E-state index < -0.39 is 0 Å². The van der Waals surface area contributed by atoms with E-state index in [-0.39, 0.29) is 0 Å². The van der Waals surface area contributed by atoms with Crippen molar-refractivity contribution in [3.63, 3.8) is 0 Å². The van der Waals surface area contributed by atoms with Crippen molar-refractivity contribution in [3.05, 3.63) is 49.1 Å². The first-order valence-electron chi connectivity index (χ1n) is 4.92. The summed E-state index contributed by atoms with van der Waals surface area (Å²) in [5.74, 6) is 2.22. The molecule has 3 rings (SSSR count). The molecule has 0 saturated heterocycles. The summed E-state index contributed by atoms with van der Waals surface area (Å²) in [6.07, 6.45) is 7.99. The van der Waals surface area contributed by atoms with Gasteiger partial charge < -0.3 is 19.8 Å². The maximum Gasteiger partial charge on any atom is 0.111 e. The molecule has 0 spiro atoms. The van der Waals surface area contributed by atoms with Crippen LogP contribution in [0.2, 0.25) is 0 Å². The van der Waals surface area contributed by atoms with Crippen molar-refractivity contribution < 1.29 is 0 Å². The lowest BCUT2D eigenvalue weighted by atomic mass is 10.5. The van der Waals surface area contributed by atoms with Crippen LogP contribution in [0.1, 0.15) is 0 Å². The summed E-state index contributed by atoms with van der Waals surface area (Å²) >= 11 is 0. The molecule has 0 saturated carbocycles. The molecule has 0 bridgehead atoms. The van der Waals surface area contributed by atoms with Gasteiger partial charge in [-0.05, 0) is 24.3 Å². The lowest BCUT2D eigenvalue weighted by molar-refractivity contribution is 0.946. The largest absolute Gasteiger partial charge is 0.348 e. The Morgan fingerprint density at radius 3 is 1.80 bits per heavy atom. The number of nitrogens with zero attached hydrogens (tertiary/aromatic N) is 2. The molecule has 3 heterocycles. The van der Waals surface area contributed by atoms with E-state index in [0.29, 0.717) is 0 Å². The van der Waals surface area contributed by atoms with E-state index in [9.17, 15) is 0 Å². The van der Waals surface area contributed by atoms with Gasteiger partial charge in [0.25, 0.3) is 0 Å². The summed E-state index contributed by atoms with van der Waals surface area (Å²) in [5, 5.41) is 0. The number of hydrogen-bond donors (Lipinski definition) is 2. The van der Waals surface area contributed by atoms with Gasteiger partial charge in [-0.15, -0.1) is 0 Å². The Labute approximate surface area is 87.8 Å². The Kier molecular flexibility index (Phi) is 1.78. The van der Waals surface area contributed by atoms with Crippen LogP contribution in [0.3, 0.4) is 0 Å². The molecule has 1 aliphatic rings. The number of anilines is 2. The number of rotatable bonds is 2. The molecule has 0 aromatic carbocycles. The van der Waals surface area contributed by atoms with Crippen LogP contribution in [-0.2, 0) is 0 Å². The zero-order valence-electron chi connectivity index (χ0n) is 8.22. The summed E-state index contributed by atoms with van der Waals surface area (Å²) in [6.45, 7) is 0.834. The van der Waals surface area contributed by atoms with Crippen LogP contribution in [0.5, 0.6) is 0 Å². The Morgan fingerprint density at radius 1 is 0.867 bits per heavy atom. The molecule has 0 amide bonds. The number of nitrogens with one attached hydrogen (secondary N) is 2. The Bertz CT molecular complexity index is 399. The predicted octanol–water partition coefficient (Wildman–Crippen LogP) is 2.10. The van der Waals surface area contributed by atoms with Gasteiger partial charge in [0, 0.05) is 24.8 Å². The van der Waals surface area contributed by atoms with Crippen LogP contribution >= 0.6 is 0 Å². The summed E-state index contributed by atoms with van der Waals surface area (Å²) in [5.41, 5.74) is 0. The summed E-state index contributed by atoms with van der Waals surface area (Å²) in [4.78, 5) is 10.7. The van der Waals surface area contributed by atoms with E-state index in [4.69, 9.17) is 0 Å². The standard InChI is InChI=1S/C11H12N4/c1-3-10(12-5-1)14-7-8-15(9-14)11-4-2-6-13-11/h1-8,12-13H,9H2. The Hall–Kier alpha value is -2.10. The van der Waals surface area contributed by atoms with E-state index >= 15 is 0 Å². The molecule has 1 aliphatic heterocycles. The van der Waals surface area contributed by atoms with E-state index in [1.807, 2.05) is 24.5 Å². The SMILES string of the molecule is C1=CN(c2ccc[nH]2)CN1c1ccc[nH]1. The minimum absolute atomic E-state index is 0.834. The van der Waals surface area contributed by atoms with Crippen molar-refractivity contribution in [2.45, 2.75) is 0 Å². The number of hydrogen-bond acceptors (Lipinski definition) is 2. The molecule has 0 unspecified atom stereocenters. The highest BCUT2D eigenvalue weighted by molar-refractivity contribution is 5.53. The maximum atomic E-state index is 3.18. The lowest BCUT2D eigenvalue weighted by Gasteiger charge is -2.18. The van der Waals surface area contributed by atoms with Gasteiger partial charge in [-0.25, -0.2) is 0 Å². The first-order valence-corrected chi connectivity index (χ1v) is 4.92. The molecule has 4 heteroatoms. The molecule has 2 aromatic heterocycles. The topological polar surface area (TPSA) is 38.1 Å². The van der Waals surface area contributed by atoms with Gasteiger partial charge in [-0.2, -0.15) is 0 Å². The van der Waals surface area contributed by atoms with E-state index in [1.165, 1.54) is 0 Å². The zero-order chi connectivity index (χ0) is 10.1. The minimum Gasteiger partial charge on any atom is -0.348 e. The zero-order valence-corrected chi connectivity index (χ0v) is 8.22. The fraction of sp³-hybridized carbons (Fsp3) is 0.0909. The maximum absolute atomic E-state index is 3.18. The number of H-pyrrole nitrogens is 2. The molecular weight excluding hydrogens is 188 g/mol. The molecule has 2 aromatic rings. The van der Waals surface area contributed by atoms with Gasteiger partial charge in [-0.3, -0.25) is 0 Å². The van der Waals surface area contributed by atoms with Crippen molar-refractivity contribution >= 4 is 11.6 Å². The molecule has 2 N–H and O–H groups in total. The van der Waals surface area contributed by atoms with Crippen LogP contribution in [0, 0.1) is 0 Å². The van der Waals surface area contributed by atoms with E-state index in [1.54, 1.807) is 0 Å². The molecule has 0 aliphatic carbocycles. The van der Waals surface area contributed by atoms with Crippen LogP contribution in [0.15, 0.2) is 49.1 Å². The number of aromatic amines is 2. The van der Waals surface area contributed by atoms with Gasteiger partial charge in [0.2, 0.25) is 0 Å². The summed E-state index contributed by atoms with van der Waals surface area (Å²) in [7, 11) is 0. The highest BCUT2D eigenvalue weighted by atomic mass is 15.4. The molecule has 76 valence electrons. The van der Waals surface area contributed by atoms with Crippen molar-refractivity contribution in [3.8, 4) is 0 Å². The minimum atomic E-state index is 0.834. The second kappa shape index (κ2) is 3.24. The third-order valence-corrected chi connectivity index (χ3v) is 2.51. The Balaban J connectivity index is 1.78. The smallest absolute Gasteiger partial charge is 0.111 e. The third-order valence-electron chi connectivity index (χ3n) is 2.51. The van der Waals surface area contributed by atoms with Gasteiger partial charge in [0.05, 0.1) is 0 Å². The number of aromatic nitrogens is 2. The van der Waals surface area contributed by atoms with Gasteiger partial charge in [-0.1, -0.05) is 0 Å². The van der Waals surface area contributed by atoms with Crippen LogP contribution in [-0.4, -0.2) is 16.6 Å². The second-order valence-electron chi connectivity index (χ2n) is 3.49. The highest BCUT2D eigenvalue weighted by Gasteiger charge is 2.15. The molecular formula is C11H12N4. The van der Waals surface area contributed by atoms with Crippen molar-refractivity contribution in [1.29, 1.82) is 0 Å². The van der Waals surface area contributed by atoms with Gasteiger partial charge >= 0.3 is 0 Å². The van der Waals surface area contributed by atoms with Gasteiger partial charge in [0.15, 0.2) is 0 Å². The predicted molar refractivity (Wildman–Crippen MR) is 60.6 cm³/mol. The summed E-state index contributed by atoms with van der Waals surface area (Å²) < 4.78 is 0. The third kappa shape index (κ3) is 1.40. The second-order valence-corrected chi connectivity index (χ2v) is 3.49. The van der Waals surface area contributed by atoms with E-state index in [2.05, 4.69) is 44.3 Å². The van der Waals surface area contributed by atoms with E-state index in [0.717, 1.165) is 18.3 Å². The normalized spacial score (nSPS) is 15.2. The highest BCUT2D eigenvalue weighted by Crippen LogP contribution is 2.20.